The second-order valence-electron chi connectivity index (χ2n) is 7.07. The molecule has 0 aliphatic carbocycles. The Morgan fingerprint density at radius 2 is 1.71 bits per heavy atom. The van der Waals surface area contributed by atoms with E-state index in [0.29, 0.717) is 29.3 Å². The van der Waals surface area contributed by atoms with Gasteiger partial charge in [-0.1, -0.05) is 25.1 Å². The molecule has 0 aromatic heterocycles. The minimum atomic E-state index is -1.17. The molecular weight excluding hydrogens is 398 g/mol. The zero-order valence-corrected chi connectivity index (χ0v) is 18.0. The topological polar surface area (TPSA) is 97.3 Å². The molecule has 1 aliphatic rings. The summed E-state index contributed by atoms with van der Waals surface area (Å²) in [5.41, 5.74) is 2.39. The number of para-hydroxylation sites is 1. The Morgan fingerprint density at radius 3 is 2.29 bits per heavy atom. The van der Waals surface area contributed by atoms with Crippen LogP contribution in [0.5, 0.6) is 11.5 Å². The highest BCUT2D eigenvalue weighted by Gasteiger charge is 2.43. The largest absolute Gasteiger partial charge is 0.497 e. The standard InChI is InChI=1S/C23H25N3O5/c1-5-18(24-13-15-10-16(30-3)12-17(11-15)31-4)20-21(27)25-23(29)26(22(20)28)19-9-7-6-8-14(19)2/h6-12,20H,5,13H2,1-4H3,(H,25,27,29). The molecule has 1 unspecified atom stereocenters. The SMILES string of the molecule is CCC(=NCc1cc(OC)cc(OC)c1)C1C(=O)NC(=O)N(c2ccccc2C)C1=O. The molecule has 1 aliphatic heterocycles. The molecule has 162 valence electrons. The molecule has 8 nitrogen and oxygen atoms in total. The summed E-state index contributed by atoms with van der Waals surface area (Å²) in [6, 6.07) is 11.6. The van der Waals surface area contributed by atoms with Crippen LogP contribution in [0.1, 0.15) is 24.5 Å². The van der Waals surface area contributed by atoms with Gasteiger partial charge in [-0.05, 0) is 42.7 Å². The summed E-state index contributed by atoms with van der Waals surface area (Å²) >= 11 is 0. The zero-order chi connectivity index (χ0) is 22.5. The second-order valence-corrected chi connectivity index (χ2v) is 7.07. The first-order chi connectivity index (χ1) is 14.9. The average Bonchev–Trinajstić information content (AvgIpc) is 2.76. The number of aliphatic imine (C=N–C) groups is 1. The Hall–Kier alpha value is -3.68. The van der Waals surface area contributed by atoms with Crippen LogP contribution in [0.3, 0.4) is 0 Å². The average molecular weight is 423 g/mol. The molecule has 1 fully saturated rings. The van der Waals surface area contributed by atoms with E-state index in [-0.39, 0.29) is 6.54 Å². The number of nitrogens with one attached hydrogen (secondary N) is 1. The molecule has 0 radical (unpaired) electrons. The quantitative estimate of drug-likeness (QED) is 0.545. The van der Waals surface area contributed by atoms with Crippen LogP contribution >= 0.6 is 0 Å². The predicted molar refractivity (Wildman–Crippen MR) is 117 cm³/mol. The minimum absolute atomic E-state index is 0.228. The van der Waals surface area contributed by atoms with Crippen molar-refractivity contribution in [1.29, 1.82) is 0 Å². The number of amides is 4. The fraction of sp³-hybridized carbons (Fsp3) is 0.304. The first-order valence-electron chi connectivity index (χ1n) is 9.89. The number of carbonyl (C=O) groups excluding carboxylic acids is 3. The van der Waals surface area contributed by atoms with Crippen molar-refractivity contribution >= 4 is 29.2 Å². The number of hydrogen-bond donors (Lipinski definition) is 1. The van der Waals surface area contributed by atoms with Crippen molar-refractivity contribution in [2.75, 3.05) is 19.1 Å². The molecule has 4 amide bonds. The number of ether oxygens (including phenoxy) is 2. The third-order valence-electron chi connectivity index (χ3n) is 5.09. The highest BCUT2D eigenvalue weighted by Crippen LogP contribution is 2.26. The molecule has 0 spiro atoms. The molecule has 2 aromatic carbocycles. The van der Waals surface area contributed by atoms with E-state index in [0.717, 1.165) is 16.0 Å². The fourth-order valence-corrected chi connectivity index (χ4v) is 3.47. The molecular formula is C23H25N3O5. The number of rotatable bonds is 7. The Labute approximate surface area is 180 Å². The number of aryl methyl sites for hydroxylation is 1. The number of hydrogen-bond acceptors (Lipinski definition) is 6. The van der Waals surface area contributed by atoms with E-state index in [1.54, 1.807) is 45.4 Å². The Morgan fingerprint density at radius 1 is 1.06 bits per heavy atom. The summed E-state index contributed by atoms with van der Waals surface area (Å²) in [5, 5.41) is 2.29. The van der Waals surface area contributed by atoms with E-state index in [1.807, 2.05) is 25.1 Å². The summed E-state index contributed by atoms with van der Waals surface area (Å²) in [5.74, 6) is -1.21. The first-order valence-corrected chi connectivity index (χ1v) is 9.89. The van der Waals surface area contributed by atoms with Gasteiger partial charge in [-0.3, -0.25) is 19.9 Å². The van der Waals surface area contributed by atoms with E-state index in [4.69, 9.17) is 9.47 Å². The van der Waals surface area contributed by atoms with Crippen molar-refractivity contribution in [3.05, 3.63) is 53.6 Å². The summed E-state index contributed by atoms with van der Waals surface area (Å²) < 4.78 is 10.6. The van der Waals surface area contributed by atoms with Crippen LogP contribution in [0.25, 0.3) is 0 Å². The van der Waals surface area contributed by atoms with Gasteiger partial charge in [-0.2, -0.15) is 0 Å². The van der Waals surface area contributed by atoms with E-state index in [2.05, 4.69) is 10.3 Å². The lowest BCUT2D eigenvalue weighted by Crippen LogP contribution is -2.60. The normalized spacial score (nSPS) is 16.9. The molecule has 2 aromatic rings. The van der Waals surface area contributed by atoms with Crippen molar-refractivity contribution in [2.24, 2.45) is 10.9 Å². The van der Waals surface area contributed by atoms with Crippen LogP contribution in [0, 0.1) is 12.8 Å². The third-order valence-corrected chi connectivity index (χ3v) is 5.09. The number of imide groups is 2. The number of barbiturate groups is 1. The van der Waals surface area contributed by atoms with Crippen LogP contribution in [0.4, 0.5) is 10.5 Å². The molecule has 31 heavy (non-hydrogen) atoms. The third kappa shape index (κ3) is 4.58. The molecule has 1 atom stereocenters. The molecule has 1 N–H and O–H groups in total. The van der Waals surface area contributed by atoms with E-state index < -0.39 is 23.8 Å². The monoisotopic (exact) mass is 423 g/mol. The summed E-state index contributed by atoms with van der Waals surface area (Å²) in [6.45, 7) is 3.85. The maximum atomic E-state index is 13.2. The number of benzene rings is 2. The Kier molecular flexibility index (Phi) is 6.69. The maximum absolute atomic E-state index is 13.2. The van der Waals surface area contributed by atoms with Gasteiger partial charge in [-0.15, -0.1) is 0 Å². The molecule has 0 bridgehead atoms. The number of methoxy groups -OCH3 is 2. The van der Waals surface area contributed by atoms with Gasteiger partial charge in [-0.25, -0.2) is 9.69 Å². The Balaban J connectivity index is 1.93. The van der Waals surface area contributed by atoms with Gasteiger partial charge in [0.2, 0.25) is 5.91 Å². The van der Waals surface area contributed by atoms with Crippen molar-refractivity contribution in [1.82, 2.24) is 5.32 Å². The molecule has 1 heterocycles. The zero-order valence-electron chi connectivity index (χ0n) is 18.0. The van der Waals surface area contributed by atoms with Crippen LogP contribution in [-0.4, -0.2) is 37.8 Å². The molecule has 0 saturated carbocycles. The van der Waals surface area contributed by atoms with Gasteiger partial charge in [0.25, 0.3) is 5.91 Å². The van der Waals surface area contributed by atoms with E-state index >= 15 is 0 Å². The highest BCUT2D eigenvalue weighted by molar-refractivity contribution is 6.35. The number of urea groups is 1. The van der Waals surface area contributed by atoms with Crippen molar-refractivity contribution in [3.8, 4) is 11.5 Å². The van der Waals surface area contributed by atoms with Gasteiger partial charge >= 0.3 is 6.03 Å². The van der Waals surface area contributed by atoms with E-state index in [1.165, 1.54) is 0 Å². The van der Waals surface area contributed by atoms with Gasteiger partial charge in [0.1, 0.15) is 11.5 Å². The Bertz CT molecular complexity index is 1030. The molecule has 3 rings (SSSR count). The molecule has 1 saturated heterocycles. The van der Waals surface area contributed by atoms with Crippen LogP contribution in [0.15, 0.2) is 47.5 Å². The fourth-order valence-electron chi connectivity index (χ4n) is 3.47. The van der Waals surface area contributed by atoms with Crippen molar-refractivity contribution < 1.29 is 23.9 Å². The van der Waals surface area contributed by atoms with E-state index in [9.17, 15) is 14.4 Å². The lowest BCUT2D eigenvalue weighted by molar-refractivity contribution is -0.131. The maximum Gasteiger partial charge on any atom is 0.335 e. The lowest BCUT2D eigenvalue weighted by Gasteiger charge is -2.31. The molecule has 8 heteroatoms. The second kappa shape index (κ2) is 9.42. The number of carbonyl (C=O) groups is 3. The van der Waals surface area contributed by atoms with Crippen LogP contribution in [-0.2, 0) is 16.1 Å². The number of anilines is 1. The van der Waals surface area contributed by atoms with Gasteiger partial charge in [0, 0.05) is 11.8 Å². The summed E-state index contributed by atoms with van der Waals surface area (Å²) in [6.07, 6.45) is 0.376. The number of nitrogens with zero attached hydrogens (tertiary/aromatic N) is 2. The van der Waals surface area contributed by atoms with Crippen molar-refractivity contribution in [2.45, 2.75) is 26.8 Å². The summed E-state index contributed by atoms with van der Waals surface area (Å²) in [4.78, 5) is 43.8. The lowest BCUT2D eigenvalue weighted by atomic mass is 9.95. The predicted octanol–water partition coefficient (Wildman–Crippen LogP) is 3.26. The van der Waals surface area contributed by atoms with Gasteiger partial charge < -0.3 is 9.47 Å². The first kappa shape index (κ1) is 22.0. The summed E-state index contributed by atoms with van der Waals surface area (Å²) in [7, 11) is 3.11. The van der Waals surface area contributed by atoms with Crippen molar-refractivity contribution in [3.63, 3.8) is 0 Å². The highest BCUT2D eigenvalue weighted by atomic mass is 16.5. The van der Waals surface area contributed by atoms with Gasteiger partial charge in [0.15, 0.2) is 5.92 Å². The van der Waals surface area contributed by atoms with Gasteiger partial charge in [0.05, 0.1) is 26.5 Å². The van der Waals surface area contributed by atoms with Crippen LogP contribution < -0.4 is 19.7 Å². The minimum Gasteiger partial charge on any atom is -0.497 e. The smallest absolute Gasteiger partial charge is 0.335 e. The van der Waals surface area contributed by atoms with Crippen LogP contribution in [0.2, 0.25) is 0 Å².